The second-order valence-electron chi connectivity index (χ2n) is 4.46. The summed E-state index contributed by atoms with van der Waals surface area (Å²) in [6, 6.07) is 6.91. The molecule has 6 nitrogen and oxygen atoms in total. The Hall–Kier alpha value is -1.22. The molecule has 0 aliphatic carbocycles. The molecule has 1 N–H and O–H groups in total. The summed E-state index contributed by atoms with van der Waals surface area (Å²) in [5.74, 6) is 0.550. The van der Waals surface area contributed by atoms with Gasteiger partial charge in [-0.05, 0) is 35.1 Å². The summed E-state index contributed by atoms with van der Waals surface area (Å²) in [4.78, 5) is 4.25. The molecule has 2 aromatic rings. The van der Waals surface area contributed by atoms with Crippen LogP contribution in [0.15, 0.2) is 44.4 Å². The van der Waals surface area contributed by atoms with Gasteiger partial charge in [-0.25, -0.2) is 8.42 Å². The number of furan rings is 1. The summed E-state index contributed by atoms with van der Waals surface area (Å²) in [7, 11) is -0.364. The van der Waals surface area contributed by atoms with E-state index in [9.17, 15) is 8.42 Å². The van der Waals surface area contributed by atoms with Crippen molar-refractivity contribution in [2.24, 2.45) is 0 Å². The number of halogens is 1. The van der Waals surface area contributed by atoms with Crippen LogP contribution in [-0.2, 0) is 23.1 Å². The number of hydrogen-bond donors (Lipinski definition) is 1. The SMILES string of the molecule is CNCc1cc(S(=O)(=O)N(C)Cc2ccccn2)c(Br)o1. The van der Waals surface area contributed by atoms with E-state index in [0.717, 1.165) is 0 Å². The van der Waals surface area contributed by atoms with E-state index in [4.69, 9.17) is 4.42 Å². The van der Waals surface area contributed by atoms with Gasteiger partial charge in [0.2, 0.25) is 10.0 Å². The van der Waals surface area contributed by atoms with Crippen LogP contribution in [0.2, 0.25) is 0 Å². The van der Waals surface area contributed by atoms with Gasteiger partial charge in [0.1, 0.15) is 10.7 Å². The summed E-state index contributed by atoms with van der Waals surface area (Å²) in [6.07, 6.45) is 1.63. The van der Waals surface area contributed by atoms with Crippen LogP contribution in [0.3, 0.4) is 0 Å². The number of nitrogens with zero attached hydrogens (tertiary/aromatic N) is 2. The minimum atomic E-state index is -3.64. The fourth-order valence-corrected chi connectivity index (χ4v) is 3.91. The Morgan fingerprint density at radius 3 is 2.81 bits per heavy atom. The van der Waals surface area contributed by atoms with Gasteiger partial charge < -0.3 is 9.73 Å². The lowest BCUT2D eigenvalue weighted by Crippen LogP contribution is -2.26. The average Bonchev–Trinajstić information content (AvgIpc) is 2.82. The lowest BCUT2D eigenvalue weighted by Gasteiger charge is -2.15. The Morgan fingerprint density at radius 2 is 2.19 bits per heavy atom. The highest BCUT2D eigenvalue weighted by Gasteiger charge is 2.27. The smallest absolute Gasteiger partial charge is 0.247 e. The Balaban J connectivity index is 2.24. The van der Waals surface area contributed by atoms with Crippen LogP contribution in [0.4, 0.5) is 0 Å². The second kappa shape index (κ2) is 6.69. The molecule has 0 radical (unpaired) electrons. The first-order valence-corrected chi connectivity index (χ1v) is 8.47. The predicted molar refractivity (Wildman–Crippen MR) is 82.1 cm³/mol. The number of aromatic nitrogens is 1. The van der Waals surface area contributed by atoms with Crippen LogP contribution < -0.4 is 5.32 Å². The fourth-order valence-electron chi connectivity index (χ4n) is 1.81. The normalized spacial score (nSPS) is 12.0. The van der Waals surface area contributed by atoms with Crippen LogP contribution >= 0.6 is 15.9 Å². The van der Waals surface area contributed by atoms with Gasteiger partial charge in [0.25, 0.3) is 0 Å². The molecule has 0 aliphatic rings. The maximum atomic E-state index is 12.6. The zero-order valence-corrected chi connectivity index (χ0v) is 14.1. The highest BCUT2D eigenvalue weighted by Crippen LogP contribution is 2.28. The van der Waals surface area contributed by atoms with E-state index in [1.165, 1.54) is 17.4 Å². The van der Waals surface area contributed by atoms with Gasteiger partial charge in [0, 0.05) is 19.3 Å². The first kappa shape index (κ1) is 16.2. The Bertz CT molecular complexity index is 701. The third-order valence-corrected chi connectivity index (χ3v) is 5.52. The molecular weight excluding hydrogens is 358 g/mol. The molecule has 2 rings (SSSR count). The Kier molecular flexibility index (Phi) is 5.15. The van der Waals surface area contributed by atoms with E-state index in [-0.39, 0.29) is 16.1 Å². The van der Waals surface area contributed by atoms with Crippen molar-refractivity contribution in [3.63, 3.8) is 0 Å². The first-order chi connectivity index (χ1) is 9.95. The quantitative estimate of drug-likeness (QED) is 0.837. The monoisotopic (exact) mass is 373 g/mol. The van der Waals surface area contributed by atoms with Crippen molar-refractivity contribution in [1.82, 2.24) is 14.6 Å². The highest BCUT2D eigenvalue weighted by atomic mass is 79.9. The van der Waals surface area contributed by atoms with E-state index in [0.29, 0.717) is 18.0 Å². The lowest BCUT2D eigenvalue weighted by molar-refractivity contribution is 0.452. The summed E-state index contributed by atoms with van der Waals surface area (Å²) in [5, 5.41) is 2.91. The van der Waals surface area contributed by atoms with E-state index in [1.807, 2.05) is 6.07 Å². The topological polar surface area (TPSA) is 75.4 Å². The van der Waals surface area contributed by atoms with E-state index in [2.05, 4.69) is 26.2 Å². The molecule has 0 aliphatic heterocycles. The van der Waals surface area contributed by atoms with Crippen molar-refractivity contribution in [3.8, 4) is 0 Å². The fraction of sp³-hybridized carbons (Fsp3) is 0.308. The van der Waals surface area contributed by atoms with Crippen LogP contribution in [0.25, 0.3) is 0 Å². The molecule has 2 aromatic heterocycles. The number of pyridine rings is 1. The van der Waals surface area contributed by atoms with E-state index in [1.54, 1.807) is 25.4 Å². The molecule has 0 spiro atoms. The van der Waals surface area contributed by atoms with Gasteiger partial charge in [0.05, 0.1) is 18.8 Å². The highest BCUT2D eigenvalue weighted by molar-refractivity contribution is 9.10. The van der Waals surface area contributed by atoms with Crippen molar-refractivity contribution >= 4 is 26.0 Å². The number of rotatable bonds is 6. The third-order valence-electron chi connectivity index (χ3n) is 2.86. The van der Waals surface area contributed by atoms with Crippen LogP contribution in [-0.4, -0.2) is 31.8 Å². The zero-order chi connectivity index (χ0) is 15.5. The average molecular weight is 374 g/mol. The van der Waals surface area contributed by atoms with Crippen molar-refractivity contribution in [1.29, 1.82) is 0 Å². The van der Waals surface area contributed by atoms with Crippen LogP contribution in [0.1, 0.15) is 11.5 Å². The molecular formula is C13H16BrN3O3S. The van der Waals surface area contributed by atoms with Crippen molar-refractivity contribution in [2.45, 2.75) is 18.0 Å². The summed E-state index contributed by atoms with van der Waals surface area (Å²) < 4.78 is 32.0. The van der Waals surface area contributed by atoms with Gasteiger partial charge in [0.15, 0.2) is 4.67 Å². The number of sulfonamides is 1. The summed E-state index contributed by atoms with van der Waals surface area (Å²) >= 11 is 3.16. The van der Waals surface area contributed by atoms with Gasteiger partial charge in [-0.15, -0.1) is 0 Å². The van der Waals surface area contributed by atoms with Gasteiger partial charge in [-0.1, -0.05) is 6.07 Å². The molecule has 21 heavy (non-hydrogen) atoms. The molecule has 0 bridgehead atoms. The molecule has 0 unspecified atom stereocenters. The lowest BCUT2D eigenvalue weighted by atomic mass is 10.3. The standard InChI is InChI=1S/C13H16BrN3O3S/c1-15-8-11-7-12(13(14)20-11)21(18,19)17(2)9-10-5-3-4-6-16-10/h3-7,15H,8-9H2,1-2H3. The summed E-state index contributed by atoms with van der Waals surface area (Å²) in [6.45, 7) is 0.653. The molecule has 0 atom stereocenters. The van der Waals surface area contributed by atoms with Gasteiger partial charge in [-0.2, -0.15) is 4.31 Å². The maximum absolute atomic E-state index is 12.6. The number of hydrogen-bond acceptors (Lipinski definition) is 5. The minimum absolute atomic E-state index is 0.117. The zero-order valence-electron chi connectivity index (χ0n) is 11.7. The van der Waals surface area contributed by atoms with Gasteiger partial charge >= 0.3 is 0 Å². The van der Waals surface area contributed by atoms with Crippen LogP contribution in [0.5, 0.6) is 0 Å². The Morgan fingerprint density at radius 1 is 1.43 bits per heavy atom. The molecule has 0 saturated heterocycles. The van der Waals surface area contributed by atoms with Crippen molar-refractivity contribution < 1.29 is 12.8 Å². The molecule has 114 valence electrons. The maximum Gasteiger partial charge on any atom is 0.247 e. The Labute approximate surface area is 132 Å². The molecule has 0 aromatic carbocycles. The molecule has 8 heteroatoms. The molecule has 0 fully saturated rings. The second-order valence-corrected chi connectivity index (χ2v) is 7.20. The molecule has 2 heterocycles. The third kappa shape index (κ3) is 3.70. The molecule has 0 amide bonds. The number of nitrogens with one attached hydrogen (secondary N) is 1. The van der Waals surface area contributed by atoms with Crippen molar-refractivity contribution in [3.05, 3.63) is 46.6 Å². The van der Waals surface area contributed by atoms with E-state index < -0.39 is 10.0 Å². The van der Waals surface area contributed by atoms with Crippen LogP contribution in [0, 0.1) is 0 Å². The molecule has 0 saturated carbocycles. The largest absolute Gasteiger partial charge is 0.452 e. The van der Waals surface area contributed by atoms with Gasteiger partial charge in [-0.3, -0.25) is 4.98 Å². The minimum Gasteiger partial charge on any atom is -0.452 e. The summed E-state index contributed by atoms with van der Waals surface area (Å²) in [5.41, 5.74) is 0.679. The predicted octanol–water partition coefficient (Wildman–Crippen LogP) is 1.98. The first-order valence-electron chi connectivity index (χ1n) is 6.24. The van der Waals surface area contributed by atoms with Crippen molar-refractivity contribution in [2.75, 3.05) is 14.1 Å². The van der Waals surface area contributed by atoms with E-state index >= 15 is 0 Å².